The van der Waals surface area contributed by atoms with Gasteiger partial charge in [0.05, 0.1) is 19.2 Å². The third kappa shape index (κ3) is 3.27. The van der Waals surface area contributed by atoms with Crippen molar-refractivity contribution in [2.75, 3.05) is 24.5 Å². The summed E-state index contributed by atoms with van der Waals surface area (Å²) < 4.78 is 0. The first kappa shape index (κ1) is 13.4. The highest BCUT2D eigenvalue weighted by Crippen LogP contribution is 2.32. The molecule has 0 saturated carbocycles. The van der Waals surface area contributed by atoms with Gasteiger partial charge in [-0.2, -0.15) is 0 Å². The molecule has 2 rings (SSSR count). The second-order valence-corrected chi connectivity index (χ2v) is 4.62. The molecule has 19 heavy (non-hydrogen) atoms. The van der Waals surface area contributed by atoms with Crippen LogP contribution in [0.3, 0.4) is 0 Å². The Bertz CT molecular complexity index is 493. The summed E-state index contributed by atoms with van der Waals surface area (Å²) in [6.07, 6.45) is 6.25. The maximum atomic E-state index is 11.8. The average Bonchev–Trinajstić information content (AvgIpc) is 2.58. The maximum Gasteiger partial charge on any atom is 0.240 e. The first-order valence-electron chi connectivity index (χ1n) is 6.44. The van der Waals surface area contributed by atoms with E-state index in [9.17, 15) is 9.90 Å². The third-order valence-corrected chi connectivity index (χ3v) is 3.26. The van der Waals surface area contributed by atoms with Gasteiger partial charge in [0.15, 0.2) is 0 Å². The van der Waals surface area contributed by atoms with Gasteiger partial charge in [0.25, 0.3) is 0 Å². The summed E-state index contributed by atoms with van der Waals surface area (Å²) in [6, 6.07) is 7.68. The van der Waals surface area contributed by atoms with Crippen molar-refractivity contribution in [3.8, 4) is 12.3 Å². The summed E-state index contributed by atoms with van der Waals surface area (Å²) in [6.45, 7) is 1.28. The minimum absolute atomic E-state index is 0.0934. The van der Waals surface area contributed by atoms with E-state index in [0.717, 1.165) is 30.6 Å². The van der Waals surface area contributed by atoms with Crippen molar-refractivity contribution < 1.29 is 9.90 Å². The number of fused-ring (bicyclic) bond motifs is 1. The molecule has 0 aromatic heterocycles. The number of anilines is 1. The number of aliphatic hydroxyl groups is 1. The largest absolute Gasteiger partial charge is 0.388 e. The number of hydrogen-bond acceptors (Lipinski definition) is 3. The van der Waals surface area contributed by atoms with E-state index in [0.29, 0.717) is 0 Å². The second-order valence-electron chi connectivity index (χ2n) is 4.62. The topological polar surface area (TPSA) is 52.6 Å². The molecule has 100 valence electrons. The molecule has 2 N–H and O–H groups in total. The van der Waals surface area contributed by atoms with Gasteiger partial charge in [-0.15, -0.1) is 6.42 Å². The van der Waals surface area contributed by atoms with Crippen LogP contribution in [0, 0.1) is 12.3 Å². The molecule has 1 aliphatic rings. The van der Waals surface area contributed by atoms with Crippen LogP contribution in [-0.4, -0.2) is 30.6 Å². The van der Waals surface area contributed by atoms with E-state index in [-0.39, 0.29) is 19.0 Å². The zero-order valence-electron chi connectivity index (χ0n) is 10.8. The highest BCUT2D eigenvalue weighted by atomic mass is 16.3. The van der Waals surface area contributed by atoms with Crippen LogP contribution in [-0.2, 0) is 4.79 Å². The Morgan fingerprint density at radius 2 is 2.32 bits per heavy atom. The van der Waals surface area contributed by atoms with Gasteiger partial charge >= 0.3 is 0 Å². The molecule has 1 aliphatic heterocycles. The van der Waals surface area contributed by atoms with Crippen molar-refractivity contribution in [3.63, 3.8) is 0 Å². The van der Waals surface area contributed by atoms with Crippen LogP contribution in [0.4, 0.5) is 5.69 Å². The first-order chi connectivity index (χ1) is 9.22. The minimum atomic E-state index is -0.449. The van der Waals surface area contributed by atoms with Gasteiger partial charge in [-0.05, 0) is 18.9 Å². The number of amides is 1. The number of hydrogen-bond donors (Lipinski definition) is 2. The number of nitrogens with one attached hydrogen (secondary N) is 1. The fraction of sp³-hybridized carbons (Fsp3) is 0.400. The lowest BCUT2D eigenvalue weighted by atomic mass is 10.0. The van der Waals surface area contributed by atoms with Gasteiger partial charge in [0.1, 0.15) is 0 Å². The molecule has 4 nitrogen and oxygen atoms in total. The molecule has 0 saturated heterocycles. The Labute approximate surface area is 113 Å². The van der Waals surface area contributed by atoms with Crippen LogP contribution in [0.25, 0.3) is 0 Å². The molecule has 4 heteroatoms. The molecule has 1 amide bonds. The van der Waals surface area contributed by atoms with Crippen molar-refractivity contribution >= 4 is 11.6 Å². The number of carbonyl (C=O) groups excluding carboxylic acids is 1. The number of nitrogens with zero attached hydrogens (tertiary/aromatic N) is 1. The van der Waals surface area contributed by atoms with E-state index in [1.165, 1.54) is 0 Å². The molecular formula is C15H18N2O2. The molecule has 0 bridgehead atoms. The Kier molecular flexibility index (Phi) is 4.43. The number of para-hydroxylation sites is 1. The van der Waals surface area contributed by atoms with Crippen LogP contribution >= 0.6 is 0 Å². The van der Waals surface area contributed by atoms with E-state index >= 15 is 0 Å². The molecule has 0 aliphatic carbocycles. The highest BCUT2D eigenvalue weighted by molar-refractivity contribution is 5.82. The lowest BCUT2D eigenvalue weighted by Crippen LogP contribution is -2.37. The van der Waals surface area contributed by atoms with E-state index in [4.69, 9.17) is 6.42 Å². The fourth-order valence-corrected chi connectivity index (χ4v) is 2.35. The van der Waals surface area contributed by atoms with E-state index in [1.54, 1.807) is 0 Å². The quantitative estimate of drug-likeness (QED) is 0.797. The summed E-state index contributed by atoms with van der Waals surface area (Å²) in [4.78, 5) is 13.8. The number of aliphatic hydroxyl groups excluding tert-OH is 1. The molecule has 1 aromatic rings. The predicted octanol–water partition coefficient (Wildman–Crippen LogP) is 1.07. The summed E-state index contributed by atoms with van der Waals surface area (Å²) >= 11 is 0. The normalized spacial score (nSPS) is 18.1. The molecule has 0 radical (unpaired) electrons. The van der Waals surface area contributed by atoms with Gasteiger partial charge in [-0.25, -0.2) is 0 Å². The minimum Gasteiger partial charge on any atom is -0.388 e. The van der Waals surface area contributed by atoms with Crippen molar-refractivity contribution in [1.29, 1.82) is 0 Å². The summed E-state index contributed by atoms with van der Waals surface area (Å²) in [7, 11) is 0. The summed E-state index contributed by atoms with van der Waals surface area (Å²) in [5.41, 5.74) is 1.83. The van der Waals surface area contributed by atoms with Gasteiger partial charge in [0.2, 0.25) is 5.91 Å². The number of carbonyl (C=O) groups is 1. The average molecular weight is 258 g/mol. The van der Waals surface area contributed by atoms with Crippen LogP contribution in [0.1, 0.15) is 24.5 Å². The smallest absolute Gasteiger partial charge is 0.240 e. The zero-order chi connectivity index (χ0) is 13.7. The van der Waals surface area contributed by atoms with Gasteiger partial charge < -0.3 is 15.3 Å². The molecule has 1 heterocycles. The van der Waals surface area contributed by atoms with E-state index in [2.05, 4.69) is 11.2 Å². The Morgan fingerprint density at radius 3 is 3.11 bits per heavy atom. The predicted molar refractivity (Wildman–Crippen MR) is 74.7 cm³/mol. The van der Waals surface area contributed by atoms with E-state index < -0.39 is 6.10 Å². The summed E-state index contributed by atoms with van der Waals surface area (Å²) in [5, 5.41) is 12.7. The molecular weight excluding hydrogens is 240 g/mol. The number of rotatable bonds is 3. The maximum absolute atomic E-state index is 11.8. The van der Waals surface area contributed by atoms with Crippen LogP contribution in [0.2, 0.25) is 0 Å². The third-order valence-electron chi connectivity index (χ3n) is 3.26. The SMILES string of the molecule is C#CCNC(=O)CN1CCCC(O)c2ccccc21. The molecule has 1 unspecified atom stereocenters. The number of terminal acetylenes is 1. The van der Waals surface area contributed by atoms with Gasteiger partial charge in [-0.3, -0.25) is 4.79 Å². The summed E-state index contributed by atoms with van der Waals surface area (Å²) in [5.74, 6) is 2.29. The van der Waals surface area contributed by atoms with Crippen molar-refractivity contribution in [2.45, 2.75) is 18.9 Å². The number of benzene rings is 1. The standard InChI is InChI=1S/C15H18N2O2/c1-2-9-16-15(19)11-17-10-5-8-14(18)12-6-3-4-7-13(12)17/h1,3-4,6-7,14,18H,5,8-11H2,(H,16,19). The first-order valence-corrected chi connectivity index (χ1v) is 6.44. The lowest BCUT2D eigenvalue weighted by molar-refractivity contribution is -0.119. The molecule has 1 atom stereocenters. The van der Waals surface area contributed by atoms with Crippen LogP contribution < -0.4 is 10.2 Å². The van der Waals surface area contributed by atoms with Crippen LogP contribution in [0.15, 0.2) is 24.3 Å². The second kappa shape index (κ2) is 6.26. The van der Waals surface area contributed by atoms with Crippen molar-refractivity contribution in [3.05, 3.63) is 29.8 Å². The van der Waals surface area contributed by atoms with Crippen molar-refractivity contribution in [1.82, 2.24) is 5.32 Å². The van der Waals surface area contributed by atoms with E-state index in [1.807, 2.05) is 29.2 Å². The van der Waals surface area contributed by atoms with Gasteiger partial charge in [-0.1, -0.05) is 24.1 Å². The Hall–Kier alpha value is -1.99. The van der Waals surface area contributed by atoms with Crippen LogP contribution in [0.5, 0.6) is 0 Å². The zero-order valence-corrected chi connectivity index (χ0v) is 10.8. The monoisotopic (exact) mass is 258 g/mol. The van der Waals surface area contributed by atoms with Crippen molar-refractivity contribution in [2.24, 2.45) is 0 Å². The Balaban J connectivity index is 2.15. The fourth-order valence-electron chi connectivity index (χ4n) is 2.35. The Morgan fingerprint density at radius 1 is 1.53 bits per heavy atom. The highest BCUT2D eigenvalue weighted by Gasteiger charge is 2.22. The molecule has 0 fully saturated rings. The molecule has 0 spiro atoms. The van der Waals surface area contributed by atoms with Gasteiger partial charge in [0, 0.05) is 17.8 Å². The lowest BCUT2D eigenvalue weighted by Gasteiger charge is -2.24. The molecule has 1 aromatic carbocycles.